The Labute approximate surface area is 122 Å². The second-order valence-corrected chi connectivity index (χ2v) is 4.78. The fourth-order valence-corrected chi connectivity index (χ4v) is 2.10. The molecule has 0 saturated carbocycles. The lowest BCUT2D eigenvalue weighted by Crippen LogP contribution is -2.29. The highest BCUT2D eigenvalue weighted by atomic mass is 16.3. The lowest BCUT2D eigenvalue weighted by molar-refractivity contribution is 0.0956. The van der Waals surface area contributed by atoms with E-state index in [1.807, 2.05) is 37.3 Å². The van der Waals surface area contributed by atoms with Crippen LogP contribution in [0, 0.1) is 6.92 Å². The van der Waals surface area contributed by atoms with Crippen LogP contribution in [0.1, 0.15) is 21.9 Å². The summed E-state index contributed by atoms with van der Waals surface area (Å²) in [7, 11) is 0. The van der Waals surface area contributed by atoms with Crippen molar-refractivity contribution >= 4 is 11.6 Å². The van der Waals surface area contributed by atoms with E-state index in [9.17, 15) is 4.79 Å². The van der Waals surface area contributed by atoms with Crippen molar-refractivity contribution in [2.24, 2.45) is 0 Å². The topological polar surface area (TPSA) is 46.6 Å². The second kappa shape index (κ2) is 5.71. The number of benzene rings is 1. The number of carbonyl (C=O) groups is 1. The summed E-state index contributed by atoms with van der Waals surface area (Å²) in [6.07, 6.45) is 3.09. The van der Waals surface area contributed by atoms with Crippen LogP contribution in [0.4, 0.5) is 5.69 Å². The van der Waals surface area contributed by atoms with Crippen LogP contribution in [-0.2, 0) is 6.54 Å². The van der Waals surface area contributed by atoms with E-state index in [1.54, 1.807) is 29.4 Å². The smallest absolute Gasteiger partial charge is 0.294 e. The van der Waals surface area contributed by atoms with Crippen LogP contribution in [0.5, 0.6) is 0 Å². The molecule has 4 nitrogen and oxygen atoms in total. The quantitative estimate of drug-likeness (QED) is 0.725. The lowest BCUT2D eigenvalue weighted by atomic mass is 10.2. The highest BCUT2D eigenvalue weighted by Crippen LogP contribution is 2.21. The Bertz CT molecular complexity index is 697. The molecule has 3 rings (SSSR count). The molecule has 0 bridgehead atoms. The molecule has 1 amide bonds. The van der Waals surface area contributed by atoms with E-state index in [0.717, 1.165) is 17.0 Å². The van der Waals surface area contributed by atoms with Crippen LogP contribution in [-0.4, -0.2) is 5.91 Å². The average Bonchev–Trinajstić information content (AvgIpc) is 3.18. The largest absolute Gasteiger partial charge is 0.467 e. The summed E-state index contributed by atoms with van der Waals surface area (Å²) in [6, 6.07) is 14.8. The zero-order valence-electron chi connectivity index (χ0n) is 11.7. The van der Waals surface area contributed by atoms with Crippen molar-refractivity contribution in [1.82, 2.24) is 0 Å². The Morgan fingerprint density at radius 3 is 2.33 bits per heavy atom. The van der Waals surface area contributed by atoms with Crippen LogP contribution in [0.15, 0.2) is 69.9 Å². The van der Waals surface area contributed by atoms with Crippen LogP contribution in [0.3, 0.4) is 0 Å². The molecule has 0 spiro atoms. The van der Waals surface area contributed by atoms with E-state index in [4.69, 9.17) is 8.83 Å². The van der Waals surface area contributed by atoms with Gasteiger partial charge in [-0.2, -0.15) is 0 Å². The van der Waals surface area contributed by atoms with E-state index >= 15 is 0 Å². The third kappa shape index (κ3) is 2.89. The van der Waals surface area contributed by atoms with Crippen molar-refractivity contribution in [3.05, 3.63) is 78.1 Å². The molecule has 4 heteroatoms. The van der Waals surface area contributed by atoms with Gasteiger partial charge in [0.05, 0.1) is 19.1 Å². The normalized spacial score (nSPS) is 10.5. The molecule has 0 aliphatic carbocycles. The van der Waals surface area contributed by atoms with Crippen molar-refractivity contribution in [1.29, 1.82) is 0 Å². The molecule has 3 aromatic rings. The molecule has 0 radical (unpaired) electrons. The number of anilines is 1. The number of nitrogens with zero attached hydrogens (tertiary/aromatic N) is 1. The Morgan fingerprint density at radius 1 is 1.00 bits per heavy atom. The Hall–Kier alpha value is -2.75. The Balaban J connectivity index is 1.94. The van der Waals surface area contributed by atoms with Gasteiger partial charge < -0.3 is 8.83 Å². The molecule has 0 unspecified atom stereocenters. The van der Waals surface area contributed by atoms with Gasteiger partial charge in [-0.15, -0.1) is 0 Å². The summed E-state index contributed by atoms with van der Waals surface area (Å²) in [6.45, 7) is 2.37. The number of rotatable bonds is 4. The van der Waals surface area contributed by atoms with Crippen LogP contribution in [0.25, 0.3) is 0 Å². The van der Waals surface area contributed by atoms with Crippen molar-refractivity contribution in [2.45, 2.75) is 13.5 Å². The molecule has 0 atom stereocenters. The number of hydrogen-bond donors (Lipinski definition) is 0. The summed E-state index contributed by atoms with van der Waals surface area (Å²) >= 11 is 0. The van der Waals surface area contributed by atoms with Crippen molar-refractivity contribution in [3.63, 3.8) is 0 Å². The van der Waals surface area contributed by atoms with Crippen molar-refractivity contribution < 1.29 is 13.6 Å². The molecular formula is C17H15NO3. The van der Waals surface area contributed by atoms with Crippen LogP contribution < -0.4 is 4.90 Å². The van der Waals surface area contributed by atoms with Gasteiger partial charge in [0, 0.05) is 5.69 Å². The SMILES string of the molecule is Cc1ccc(N(Cc2ccco2)C(=O)c2ccco2)cc1. The van der Waals surface area contributed by atoms with E-state index in [1.165, 1.54) is 6.26 Å². The molecule has 0 saturated heterocycles. The number of hydrogen-bond acceptors (Lipinski definition) is 3. The summed E-state index contributed by atoms with van der Waals surface area (Å²) < 4.78 is 10.6. The maximum atomic E-state index is 12.6. The average molecular weight is 281 g/mol. The van der Waals surface area contributed by atoms with Crippen LogP contribution in [0.2, 0.25) is 0 Å². The first-order valence-electron chi connectivity index (χ1n) is 6.68. The van der Waals surface area contributed by atoms with E-state index in [2.05, 4.69) is 0 Å². The van der Waals surface area contributed by atoms with E-state index < -0.39 is 0 Å². The maximum absolute atomic E-state index is 12.6. The fourth-order valence-electron chi connectivity index (χ4n) is 2.10. The lowest BCUT2D eigenvalue weighted by Gasteiger charge is -2.21. The predicted molar refractivity (Wildman–Crippen MR) is 79.1 cm³/mol. The zero-order valence-corrected chi connectivity index (χ0v) is 11.7. The van der Waals surface area contributed by atoms with Gasteiger partial charge in [-0.1, -0.05) is 17.7 Å². The fraction of sp³-hybridized carbons (Fsp3) is 0.118. The highest BCUT2D eigenvalue weighted by Gasteiger charge is 2.21. The summed E-state index contributed by atoms with van der Waals surface area (Å²) in [5.41, 5.74) is 1.94. The summed E-state index contributed by atoms with van der Waals surface area (Å²) in [5, 5.41) is 0. The minimum absolute atomic E-state index is 0.194. The second-order valence-electron chi connectivity index (χ2n) is 4.78. The van der Waals surface area contributed by atoms with Crippen molar-refractivity contribution in [2.75, 3.05) is 4.90 Å². The molecule has 0 aliphatic heterocycles. The summed E-state index contributed by atoms with van der Waals surface area (Å²) in [5.74, 6) is 0.831. The van der Waals surface area contributed by atoms with Gasteiger partial charge in [-0.25, -0.2) is 0 Å². The molecule has 0 fully saturated rings. The first-order valence-corrected chi connectivity index (χ1v) is 6.68. The third-order valence-corrected chi connectivity index (χ3v) is 3.22. The Morgan fingerprint density at radius 2 is 1.71 bits per heavy atom. The van der Waals surface area contributed by atoms with Gasteiger partial charge in [0.2, 0.25) is 0 Å². The van der Waals surface area contributed by atoms with Crippen LogP contribution >= 0.6 is 0 Å². The molecule has 1 aromatic carbocycles. The number of furan rings is 2. The molecular weight excluding hydrogens is 266 g/mol. The maximum Gasteiger partial charge on any atom is 0.294 e. The minimum atomic E-state index is -0.194. The monoisotopic (exact) mass is 281 g/mol. The Kier molecular flexibility index (Phi) is 3.60. The molecule has 2 aromatic heterocycles. The van der Waals surface area contributed by atoms with Crippen molar-refractivity contribution in [3.8, 4) is 0 Å². The van der Waals surface area contributed by atoms with E-state index in [-0.39, 0.29) is 5.91 Å². The van der Waals surface area contributed by atoms with Gasteiger partial charge in [-0.05, 0) is 43.3 Å². The third-order valence-electron chi connectivity index (χ3n) is 3.22. The number of amides is 1. The highest BCUT2D eigenvalue weighted by molar-refractivity contribution is 6.04. The van der Waals surface area contributed by atoms with E-state index in [0.29, 0.717) is 12.3 Å². The molecule has 0 aliphatic rings. The summed E-state index contributed by atoms with van der Waals surface area (Å²) in [4.78, 5) is 14.2. The number of carbonyl (C=O) groups excluding carboxylic acids is 1. The molecule has 0 N–H and O–H groups in total. The zero-order chi connectivity index (χ0) is 14.7. The standard InChI is InChI=1S/C17H15NO3/c1-13-6-8-14(9-7-13)18(12-15-4-2-10-20-15)17(19)16-5-3-11-21-16/h2-11H,12H2,1H3. The van der Waals surface area contributed by atoms with Gasteiger partial charge >= 0.3 is 0 Å². The molecule has 106 valence electrons. The first-order chi connectivity index (χ1) is 10.2. The van der Waals surface area contributed by atoms with Gasteiger partial charge in [0.25, 0.3) is 5.91 Å². The molecule has 2 heterocycles. The van der Waals surface area contributed by atoms with Gasteiger partial charge in [0.15, 0.2) is 5.76 Å². The molecule has 21 heavy (non-hydrogen) atoms. The predicted octanol–water partition coefficient (Wildman–Crippen LogP) is 4.03. The van der Waals surface area contributed by atoms with Gasteiger partial charge in [-0.3, -0.25) is 9.69 Å². The minimum Gasteiger partial charge on any atom is -0.467 e. The first kappa shape index (κ1) is 13.2. The van der Waals surface area contributed by atoms with Gasteiger partial charge in [0.1, 0.15) is 5.76 Å². The number of aryl methyl sites for hydroxylation is 1.